The summed E-state index contributed by atoms with van der Waals surface area (Å²) in [5.41, 5.74) is 0.824. The Morgan fingerprint density at radius 3 is 2.43 bits per heavy atom. The van der Waals surface area contributed by atoms with E-state index < -0.39 is 0 Å². The fraction of sp³-hybridized carbons (Fsp3) is 0.364. The SMILES string of the molecule is CC(C)NC(=O)Cc1ccc(F)cc1. The normalized spacial score (nSPS) is 10.3. The van der Waals surface area contributed by atoms with E-state index in [-0.39, 0.29) is 17.8 Å². The van der Waals surface area contributed by atoms with Gasteiger partial charge in [-0.2, -0.15) is 0 Å². The van der Waals surface area contributed by atoms with Crippen molar-refractivity contribution in [3.63, 3.8) is 0 Å². The summed E-state index contributed by atoms with van der Waals surface area (Å²) in [5.74, 6) is -0.315. The first-order valence-electron chi connectivity index (χ1n) is 4.61. The van der Waals surface area contributed by atoms with Crippen LogP contribution in [0.2, 0.25) is 0 Å². The third kappa shape index (κ3) is 3.56. The highest BCUT2D eigenvalue weighted by molar-refractivity contribution is 5.78. The highest BCUT2D eigenvalue weighted by Gasteiger charge is 2.04. The number of carbonyl (C=O) groups excluding carboxylic acids is 1. The second-order valence-electron chi connectivity index (χ2n) is 3.53. The first-order valence-corrected chi connectivity index (χ1v) is 4.61. The molecule has 3 heteroatoms. The summed E-state index contributed by atoms with van der Waals surface area (Å²) in [6.45, 7) is 3.81. The largest absolute Gasteiger partial charge is 0.354 e. The number of benzene rings is 1. The predicted molar refractivity (Wildman–Crippen MR) is 53.4 cm³/mol. The monoisotopic (exact) mass is 195 g/mol. The molecule has 0 aromatic heterocycles. The molecule has 0 aliphatic rings. The molecule has 0 fully saturated rings. The lowest BCUT2D eigenvalue weighted by atomic mass is 10.1. The van der Waals surface area contributed by atoms with Crippen LogP contribution in [0, 0.1) is 5.82 Å². The van der Waals surface area contributed by atoms with Crippen LogP contribution in [-0.4, -0.2) is 11.9 Å². The molecule has 0 aliphatic carbocycles. The lowest BCUT2D eigenvalue weighted by molar-refractivity contribution is -0.120. The quantitative estimate of drug-likeness (QED) is 0.784. The van der Waals surface area contributed by atoms with Crippen molar-refractivity contribution in [3.05, 3.63) is 35.6 Å². The van der Waals surface area contributed by atoms with Gasteiger partial charge in [0.15, 0.2) is 0 Å². The van der Waals surface area contributed by atoms with Gasteiger partial charge in [0, 0.05) is 6.04 Å². The Labute approximate surface area is 83.1 Å². The number of hydrogen-bond acceptors (Lipinski definition) is 1. The maximum absolute atomic E-state index is 12.5. The van der Waals surface area contributed by atoms with Gasteiger partial charge in [-0.15, -0.1) is 0 Å². The van der Waals surface area contributed by atoms with Gasteiger partial charge < -0.3 is 5.32 Å². The lowest BCUT2D eigenvalue weighted by Gasteiger charge is -2.07. The Hall–Kier alpha value is -1.38. The zero-order valence-corrected chi connectivity index (χ0v) is 8.38. The number of carbonyl (C=O) groups is 1. The molecular weight excluding hydrogens is 181 g/mol. The van der Waals surface area contributed by atoms with E-state index in [1.54, 1.807) is 12.1 Å². The Morgan fingerprint density at radius 2 is 1.93 bits per heavy atom. The molecule has 0 spiro atoms. The molecule has 0 bridgehead atoms. The van der Waals surface area contributed by atoms with Gasteiger partial charge in [0.05, 0.1) is 6.42 Å². The molecule has 1 amide bonds. The molecule has 14 heavy (non-hydrogen) atoms. The van der Waals surface area contributed by atoms with E-state index in [0.717, 1.165) is 5.56 Å². The Bertz CT molecular complexity index is 306. The van der Waals surface area contributed by atoms with Crippen molar-refractivity contribution >= 4 is 5.91 Å². The maximum Gasteiger partial charge on any atom is 0.224 e. The highest BCUT2D eigenvalue weighted by Crippen LogP contribution is 2.03. The van der Waals surface area contributed by atoms with Crippen LogP contribution in [0.1, 0.15) is 19.4 Å². The Morgan fingerprint density at radius 1 is 1.36 bits per heavy atom. The van der Waals surface area contributed by atoms with Gasteiger partial charge in [0.25, 0.3) is 0 Å². The van der Waals surface area contributed by atoms with Crippen LogP contribution < -0.4 is 5.32 Å². The van der Waals surface area contributed by atoms with Crippen molar-refractivity contribution in [2.45, 2.75) is 26.3 Å². The van der Waals surface area contributed by atoms with Crippen molar-refractivity contribution in [1.29, 1.82) is 0 Å². The number of amides is 1. The average molecular weight is 195 g/mol. The van der Waals surface area contributed by atoms with Gasteiger partial charge in [0.2, 0.25) is 5.91 Å². The van der Waals surface area contributed by atoms with Gasteiger partial charge in [-0.3, -0.25) is 4.79 Å². The molecule has 0 unspecified atom stereocenters. The molecule has 0 heterocycles. The van der Waals surface area contributed by atoms with Crippen LogP contribution in [0.15, 0.2) is 24.3 Å². The van der Waals surface area contributed by atoms with Gasteiger partial charge in [-0.1, -0.05) is 12.1 Å². The molecule has 1 aromatic rings. The van der Waals surface area contributed by atoms with Crippen molar-refractivity contribution < 1.29 is 9.18 Å². The molecule has 76 valence electrons. The first-order chi connectivity index (χ1) is 6.58. The van der Waals surface area contributed by atoms with Crippen molar-refractivity contribution in [1.82, 2.24) is 5.32 Å². The van der Waals surface area contributed by atoms with Crippen LogP contribution in [-0.2, 0) is 11.2 Å². The first kappa shape index (κ1) is 10.7. The molecule has 0 saturated heterocycles. The number of rotatable bonds is 3. The zero-order chi connectivity index (χ0) is 10.6. The van der Waals surface area contributed by atoms with Crippen molar-refractivity contribution in [2.24, 2.45) is 0 Å². The van der Waals surface area contributed by atoms with E-state index in [4.69, 9.17) is 0 Å². The third-order valence-electron chi connectivity index (χ3n) is 1.73. The van der Waals surface area contributed by atoms with E-state index in [9.17, 15) is 9.18 Å². The molecule has 2 nitrogen and oxygen atoms in total. The lowest BCUT2D eigenvalue weighted by Crippen LogP contribution is -2.31. The summed E-state index contributed by atoms with van der Waals surface area (Å²) in [6.07, 6.45) is 0.304. The Balaban J connectivity index is 2.52. The molecule has 1 aromatic carbocycles. The Kier molecular flexibility index (Phi) is 3.63. The molecule has 1 N–H and O–H groups in total. The summed E-state index contributed by atoms with van der Waals surface area (Å²) in [7, 11) is 0. The van der Waals surface area contributed by atoms with E-state index in [0.29, 0.717) is 6.42 Å². The fourth-order valence-electron chi connectivity index (χ4n) is 1.16. The molecule has 0 radical (unpaired) electrons. The van der Waals surface area contributed by atoms with E-state index in [1.165, 1.54) is 12.1 Å². The minimum atomic E-state index is -0.280. The van der Waals surface area contributed by atoms with Crippen LogP contribution in [0.5, 0.6) is 0 Å². The van der Waals surface area contributed by atoms with E-state index in [1.807, 2.05) is 13.8 Å². The van der Waals surface area contributed by atoms with Crippen LogP contribution in [0.4, 0.5) is 4.39 Å². The number of halogens is 1. The summed E-state index contributed by atoms with van der Waals surface area (Å²) < 4.78 is 12.5. The van der Waals surface area contributed by atoms with Crippen LogP contribution in [0.3, 0.4) is 0 Å². The minimum Gasteiger partial charge on any atom is -0.354 e. The fourth-order valence-corrected chi connectivity index (χ4v) is 1.16. The summed E-state index contributed by atoms with van der Waals surface area (Å²) in [4.78, 5) is 11.3. The van der Waals surface area contributed by atoms with E-state index >= 15 is 0 Å². The second-order valence-corrected chi connectivity index (χ2v) is 3.53. The van der Waals surface area contributed by atoms with Gasteiger partial charge >= 0.3 is 0 Å². The van der Waals surface area contributed by atoms with Crippen molar-refractivity contribution in [3.8, 4) is 0 Å². The minimum absolute atomic E-state index is 0.0355. The smallest absolute Gasteiger partial charge is 0.224 e. The molecule has 1 rings (SSSR count). The summed E-state index contributed by atoms with van der Waals surface area (Å²) >= 11 is 0. The van der Waals surface area contributed by atoms with E-state index in [2.05, 4.69) is 5.32 Å². The summed E-state index contributed by atoms with van der Waals surface area (Å²) in [5, 5.41) is 2.77. The second kappa shape index (κ2) is 4.74. The van der Waals surface area contributed by atoms with Crippen LogP contribution in [0.25, 0.3) is 0 Å². The molecule has 0 aliphatic heterocycles. The molecular formula is C11H14FNO. The topological polar surface area (TPSA) is 29.1 Å². The van der Waals surface area contributed by atoms with Crippen LogP contribution >= 0.6 is 0 Å². The molecule has 0 atom stereocenters. The number of nitrogens with one attached hydrogen (secondary N) is 1. The standard InChI is InChI=1S/C11H14FNO/c1-8(2)13-11(14)7-9-3-5-10(12)6-4-9/h3-6,8H,7H2,1-2H3,(H,13,14). The third-order valence-corrected chi connectivity index (χ3v) is 1.73. The predicted octanol–water partition coefficient (Wildman–Crippen LogP) is 1.89. The van der Waals surface area contributed by atoms with Crippen molar-refractivity contribution in [2.75, 3.05) is 0 Å². The average Bonchev–Trinajstić information content (AvgIpc) is 2.07. The molecule has 0 saturated carbocycles. The maximum atomic E-state index is 12.5. The van der Waals surface area contributed by atoms with Gasteiger partial charge in [-0.25, -0.2) is 4.39 Å². The number of hydrogen-bond donors (Lipinski definition) is 1. The zero-order valence-electron chi connectivity index (χ0n) is 8.38. The van der Waals surface area contributed by atoms with Gasteiger partial charge in [0.1, 0.15) is 5.82 Å². The van der Waals surface area contributed by atoms with Gasteiger partial charge in [-0.05, 0) is 31.5 Å². The summed E-state index contributed by atoms with van der Waals surface area (Å²) in [6, 6.07) is 6.10. The highest BCUT2D eigenvalue weighted by atomic mass is 19.1.